The molecule has 0 spiro atoms. The van der Waals surface area contributed by atoms with Gasteiger partial charge in [-0.3, -0.25) is 34.9 Å². The second-order valence-electron chi connectivity index (χ2n) is 6.22. The number of nitrogens with one attached hydrogen (secondary N) is 2. The number of pyridine rings is 1. The molecule has 0 aliphatic carbocycles. The predicted octanol–water partition coefficient (Wildman–Crippen LogP) is -0.0617. The molecule has 2 heterocycles. The summed E-state index contributed by atoms with van der Waals surface area (Å²) in [6.07, 6.45) is 1.24. The Bertz CT molecular complexity index is 943. The number of anilines is 1. The molecule has 1 aliphatic rings. The van der Waals surface area contributed by atoms with Gasteiger partial charge in [0.05, 0.1) is 12.3 Å². The maximum absolute atomic E-state index is 12.6. The number of ether oxygens (including phenoxy) is 1. The number of hydrogen-bond acceptors (Lipinski definition) is 7. The van der Waals surface area contributed by atoms with Gasteiger partial charge >= 0.3 is 0 Å². The number of fused-ring (bicyclic) bond motifs is 1. The number of benzene rings is 1. The monoisotopic (exact) mass is 387 g/mol. The van der Waals surface area contributed by atoms with Crippen molar-refractivity contribution in [3.63, 3.8) is 0 Å². The third-order valence-corrected chi connectivity index (χ3v) is 4.30. The molecule has 2 amide bonds. The molecule has 0 radical (unpaired) electrons. The van der Waals surface area contributed by atoms with Crippen LogP contribution in [0.15, 0.2) is 41.3 Å². The first-order valence-corrected chi connectivity index (χ1v) is 8.53. The van der Waals surface area contributed by atoms with Gasteiger partial charge in [-0.1, -0.05) is 18.2 Å². The number of rotatable bonds is 6. The van der Waals surface area contributed by atoms with Crippen LogP contribution in [0.1, 0.15) is 20.8 Å². The Kier molecular flexibility index (Phi) is 5.50. The van der Waals surface area contributed by atoms with E-state index in [0.717, 1.165) is 0 Å². The zero-order valence-corrected chi connectivity index (χ0v) is 15.5. The van der Waals surface area contributed by atoms with Gasteiger partial charge in [0.15, 0.2) is 11.4 Å². The van der Waals surface area contributed by atoms with Crippen LogP contribution in [-0.4, -0.2) is 60.5 Å². The van der Waals surface area contributed by atoms with E-state index in [1.807, 2.05) is 6.07 Å². The van der Waals surface area contributed by atoms with Gasteiger partial charge in [0.2, 0.25) is 5.43 Å². The lowest BCUT2D eigenvalue weighted by Gasteiger charge is -2.37. The molecule has 1 aromatic heterocycles. The molecule has 28 heavy (non-hydrogen) atoms. The van der Waals surface area contributed by atoms with E-state index in [2.05, 4.69) is 10.9 Å². The van der Waals surface area contributed by atoms with Gasteiger partial charge in [0.1, 0.15) is 12.2 Å². The SMILES string of the molecule is COCCN1CN(C)n2cc(C(=O)NNc3ccccc3)c(=O)c(O)c2C1=O. The molecule has 0 atom stereocenters. The van der Waals surface area contributed by atoms with Gasteiger partial charge < -0.3 is 14.7 Å². The van der Waals surface area contributed by atoms with E-state index in [1.165, 1.54) is 22.9 Å². The van der Waals surface area contributed by atoms with Gasteiger partial charge in [-0.2, -0.15) is 0 Å². The fourth-order valence-electron chi connectivity index (χ4n) is 2.84. The number of carbonyl (C=O) groups is 2. The summed E-state index contributed by atoms with van der Waals surface area (Å²) in [5, 5.41) is 12.0. The summed E-state index contributed by atoms with van der Waals surface area (Å²) in [5.41, 5.74) is 4.31. The Morgan fingerprint density at radius 2 is 1.96 bits per heavy atom. The quantitative estimate of drug-likeness (QED) is 0.595. The lowest BCUT2D eigenvalue weighted by atomic mass is 10.2. The van der Waals surface area contributed by atoms with E-state index in [4.69, 9.17) is 4.74 Å². The highest BCUT2D eigenvalue weighted by molar-refractivity contribution is 5.99. The number of hydrogen-bond donors (Lipinski definition) is 3. The highest BCUT2D eigenvalue weighted by Crippen LogP contribution is 2.20. The van der Waals surface area contributed by atoms with Crippen LogP contribution in [0.4, 0.5) is 5.69 Å². The average molecular weight is 387 g/mol. The molecule has 0 unspecified atom stereocenters. The molecule has 3 N–H and O–H groups in total. The van der Waals surface area contributed by atoms with Gasteiger partial charge in [0, 0.05) is 26.9 Å². The van der Waals surface area contributed by atoms with Gasteiger partial charge in [-0.25, -0.2) is 0 Å². The third kappa shape index (κ3) is 3.62. The van der Waals surface area contributed by atoms with E-state index < -0.39 is 23.0 Å². The molecule has 1 aliphatic heterocycles. The van der Waals surface area contributed by atoms with Gasteiger partial charge in [0.25, 0.3) is 11.8 Å². The Morgan fingerprint density at radius 3 is 2.64 bits per heavy atom. The number of aromatic nitrogens is 1. The molecular weight excluding hydrogens is 366 g/mol. The van der Waals surface area contributed by atoms with Crippen LogP contribution in [0.5, 0.6) is 5.75 Å². The normalized spacial score (nSPS) is 13.3. The summed E-state index contributed by atoms with van der Waals surface area (Å²) in [6.45, 7) is 0.827. The largest absolute Gasteiger partial charge is 0.502 e. The summed E-state index contributed by atoms with van der Waals surface area (Å²) in [6, 6.07) is 8.86. The molecule has 1 aromatic carbocycles. The minimum absolute atomic E-state index is 0.192. The van der Waals surface area contributed by atoms with E-state index in [9.17, 15) is 19.5 Å². The van der Waals surface area contributed by atoms with Crippen molar-refractivity contribution >= 4 is 17.5 Å². The topological polar surface area (TPSA) is 116 Å². The standard InChI is InChI=1S/C18H21N5O5/c1-21-11-22(8-9-28-2)18(27)14-16(25)15(24)13(10-23(14)21)17(26)20-19-12-6-4-3-5-7-12/h3-7,10,19,25H,8-9,11H2,1-2H3,(H,20,26). The number of para-hydroxylation sites is 1. The molecule has 10 heteroatoms. The molecule has 0 fully saturated rings. The summed E-state index contributed by atoms with van der Waals surface area (Å²) in [5.74, 6) is -2.02. The zero-order valence-electron chi connectivity index (χ0n) is 15.5. The maximum Gasteiger partial charge on any atom is 0.277 e. The van der Waals surface area contributed by atoms with E-state index in [-0.39, 0.29) is 17.9 Å². The summed E-state index contributed by atoms with van der Waals surface area (Å²) in [4.78, 5) is 39.0. The smallest absolute Gasteiger partial charge is 0.277 e. The molecule has 148 valence electrons. The molecule has 0 saturated carbocycles. The van der Waals surface area contributed by atoms with Crippen molar-refractivity contribution in [3.8, 4) is 5.75 Å². The first kappa shape index (κ1) is 19.2. The fourth-order valence-corrected chi connectivity index (χ4v) is 2.84. The predicted molar refractivity (Wildman–Crippen MR) is 102 cm³/mol. The number of hydrazine groups is 1. The van der Waals surface area contributed by atoms with Crippen molar-refractivity contribution in [2.45, 2.75) is 0 Å². The van der Waals surface area contributed by atoms with Crippen LogP contribution < -0.4 is 21.3 Å². The summed E-state index contributed by atoms with van der Waals surface area (Å²) < 4.78 is 6.29. The number of nitrogens with zero attached hydrogens (tertiary/aromatic N) is 3. The number of carbonyl (C=O) groups excluding carboxylic acids is 2. The Balaban J connectivity index is 1.89. The van der Waals surface area contributed by atoms with Gasteiger partial charge in [-0.15, -0.1) is 0 Å². The van der Waals surface area contributed by atoms with Crippen LogP contribution in [0.3, 0.4) is 0 Å². The van der Waals surface area contributed by atoms with E-state index in [1.54, 1.807) is 36.3 Å². The second kappa shape index (κ2) is 8.01. The van der Waals surface area contributed by atoms with Gasteiger partial charge in [-0.05, 0) is 12.1 Å². The number of aromatic hydroxyl groups is 1. The van der Waals surface area contributed by atoms with Crippen molar-refractivity contribution in [1.29, 1.82) is 0 Å². The van der Waals surface area contributed by atoms with Crippen molar-refractivity contribution in [2.24, 2.45) is 0 Å². The van der Waals surface area contributed by atoms with E-state index >= 15 is 0 Å². The highest BCUT2D eigenvalue weighted by atomic mass is 16.5. The lowest BCUT2D eigenvalue weighted by Crippen LogP contribution is -2.53. The summed E-state index contributed by atoms with van der Waals surface area (Å²) in [7, 11) is 3.19. The fraction of sp³-hybridized carbons (Fsp3) is 0.278. The first-order chi connectivity index (χ1) is 13.4. The van der Waals surface area contributed by atoms with Crippen LogP contribution >= 0.6 is 0 Å². The maximum atomic E-state index is 12.6. The van der Waals surface area contributed by atoms with Crippen molar-refractivity contribution < 1.29 is 19.4 Å². The molecular formula is C18H21N5O5. The molecule has 10 nitrogen and oxygen atoms in total. The average Bonchev–Trinajstić information content (AvgIpc) is 2.70. The van der Waals surface area contributed by atoms with Crippen LogP contribution in [0.2, 0.25) is 0 Å². The lowest BCUT2D eigenvalue weighted by molar-refractivity contribution is 0.0629. The van der Waals surface area contributed by atoms with Crippen LogP contribution in [-0.2, 0) is 4.74 Å². The molecule has 0 bridgehead atoms. The minimum atomic E-state index is -0.922. The highest BCUT2D eigenvalue weighted by Gasteiger charge is 2.32. The molecule has 3 rings (SSSR count). The zero-order chi connectivity index (χ0) is 20.3. The Hall–Kier alpha value is -3.53. The molecule has 0 saturated heterocycles. The van der Waals surface area contributed by atoms with E-state index in [0.29, 0.717) is 18.8 Å². The Labute approximate surface area is 160 Å². The molecule has 2 aromatic rings. The van der Waals surface area contributed by atoms with Crippen LogP contribution in [0, 0.1) is 0 Å². The first-order valence-electron chi connectivity index (χ1n) is 8.53. The number of methoxy groups -OCH3 is 1. The van der Waals surface area contributed by atoms with Crippen molar-refractivity contribution in [1.82, 2.24) is 15.0 Å². The Morgan fingerprint density at radius 1 is 1.25 bits per heavy atom. The summed E-state index contributed by atoms with van der Waals surface area (Å²) >= 11 is 0. The second-order valence-corrected chi connectivity index (χ2v) is 6.22. The number of amides is 2. The van der Waals surface area contributed by atoms with Crippen molar-refractivity contribution in [2.75, 3.05) is 44.4 Å². The minimum Gasteiger partial charge on any atom is -0.502 e. The van der Waals surface area contributed by atoms with Crippen LogP contribution in [0.25, 0.3) is 0 Å². The third-order valence-electron chi connectivity index (χ3n) is 4.30. The van der Waals surface area contributed by atoms with Crippen molar-refractivity contribution in [3.05, 3.63) is 58.0 Å².